The molecule has 2 aromatic rings. The number of benzene rings is 1. The lowest BCUT2D eigenvalue weighted by Gasteiger charge is -2.59. The summed E-state index contributed by atoms with van der Waals surface area (Å²) in [6.07, 6.45) is 13.3. The van der Waals surface area contributed by atoms with Crippen LogP contribution in [0.3, 0.4) is 0 Å². The van der Waals surface area contributed by atoms with E-state index in [4.69, 9.17) is 14.3 Å². The fraction of sp³-hybridized carbons (Fsp3) is 0.667. The van der Waals surface area contributed by atoms with E-state index in [-0.39, 0.29) is 5.79 Å². The van der Waals surface area contributed by atoms with Crippen molar-refractivity contribution in [1.29, 1.82) is 0 Å². The number of oxime groups is 1. The van der Waals surface area contributed by atoms with Crippen LogP contribution >= 0.6 is 0 Å². The van der Waals surface area contributed by atoms with Crippen LogP contribution in [-0.4, -0.2) is 36.3 Å². The zero-order valence-corrected chi connectivity index (χ0v) is 23.4. The van der Waals surface area contributed by atoms with Gasteiger partial charge in [0.15, 0.2) is 5.79 Å². The fourth-order valence-electron chi connectivity index (χ4n) is 9.79. The number of nitrogens with zero attached hydrogens (tertiary/aromatic N) is 1. The Morgan fingerprint density at radius 1 is 0.974 bits per heavy atom. The molecule has 38 heavy (non-hydrogen) atoms. The van der Waals surface area contributed by atoms with Crippen LogP contribution in [-0.2, 0) is 20.7 Å². The van der Waals surface area contributed by atoms with Crippen LogP contribution in [0.15, 0.2) is 47.1 Å². The number of para-hydroxylation sites is 1. The first-order valence-corrected chi connectivity index (χ1v) is 15.1. The van der Waals surface area contributed by atoms with Gasteiger partial charge >= 0.3 is 0 Å². The second-order valence-corrected chi connectivity index (χ2v) is 13.4. The standard InChI is InChI=1S/C33H44N2O3/c1-31-15-12-25(35-38-17-14-24-20-22-6-4-5-7-29(22)34-24)21-23(31)8-9-26-27-10-11-30(33(3)36-18-19-37-33)32(27,2)16-13-28(26)31/h4-7,20-21,26-28,30,34H,8-19H2,1-3H3/b35-25+/t26?,27?,28?,30?,31-,32-/m0/s1. The number of ether oxygens (including phenoxy) is 2. The van der Waals surface area contributed by atoms with Crippen molar-refractivity contribution in [2.45, 2.75) is 84.3 Å². The normalized spacial score (nSPS) is 39.0. The number of hydrogen-bond donors (Lipinski definition) is 1. The minimum absolute atomic E-state index is 0.315. The minimum Gasteiger partial charge on any atom is -0.395 e. The number of nitrogens with one attached hydrogen (secondary N) is 1. The van der Waals surface area contributed by atoms with Gasteiger partial charge in [0.2, 0.25) is 0 Å². The summed E-state index contributed by atoms with van der Waals surface area (Å²) >= 11 is 0. The predicted octanol–water partition coefficient (Wildman–Crippen LogP) is 7.43. The Morgan fingerprint density at radius 3 is 2.66 bits per heavy atom. The quantitative estimate of drug-likeness (QED) is 0.332. The highest BCUT2D eigenvalue weighted by atomic mass is 16.7. The molecule has 1 aromatic carbocycles. The molecule has 2 heterocycles. The molecule has 0 bridgehead atoms. The van der Waals surface area contributed by atoms with Gasteiger partial charge in [-0.05, 0) is 110 Å². The zero-order chi connectivity index (χ0) is 26.0. The maximum atomic E-state index is 6.21. The number of aromatic nitrogens is 1. The molecule has 0 spiro atoms. The van der Waals surface area contributed by atoms with E-state index in [2.05, 4.69) is 67.3 Å². The molecule has 5 heteroatoms. The molecular formula is C33H44N2O3. The summed E-state index contributed by atoms with van der Waals surface area (Å²) in [7, 11) is 0. The molecule has 204 valence electrons. The van der Waals surface area contributed by atoms with Gasteiger partial charge in [-0.25, -0.2) is 0 Å². The maximum absolute atomic E-state index is 6.21. The van der Waals surface area contributed by atoms with Gasteiger partial charge in [0.05, 0.1) is 18.9 Å². The number of allylic oxidation sites excluding steroid dienone is 2. The van der Waals surface area contributed by atoms with Crippen molar-refractivity contribution in [2.75, 3.05) is 19.8 Å². The van der Waals surface area contributed by atoms with Gasteiger partial charge in [0.1, 0.15) is 6.61 Å². The average Bonchev–Trinajstić information content (AvgIpc) is 3.63. The maximum Gasteiger partial charge on any atom is 0.169 e. The first-order chi connectivity index (χ1) is 18.4. The Balaban J connectivity index is 1.02. The van der Waals surface area contributed by atoms with Gasteiger partial charge in [-0.15, -0.1) is 0 Å². The van der Waals surface area contributed by atoms with E-state index in [1.807, 2.05) is 0 Å². The first-order valence-electron chi connectivity index (χ1n) is 15.1. The SMILES string of the molecule is CC1(C2CCC3C4CCC5=C/C(=N/OCCc6cc7ccccc7[nH]6)CC[C@]5(C)C4CC[C@@]32C)OCCO1. The van der Waals surface area contributed by atoms with Gasteiger partial charge in [-0.1, -0.05) is 42.8 Å². The van der Waals surface area contributed by atoms with Crippen LogP contribution in [0.1, 0.15) is 77.8 Å². The van der Waals surface area contributed by atoms with E-state index in [9.17, 15) is 0 Å². The average molecular weight is 517 g/mol. The Morgan fingerprint density at radius 2 is 1.82 bits per heavy atom. The zero-order valence-electron chi connectivity index (χ0n) is 23.4. The van der Waals surface area contributed by atoms with Crippen molar-refractivity contribution in [2.24, 2.45) is 39.7 Å². The fourth-order valence-corrected chi connectivity index (χ4v) is 9.79. The van der Waals surface area contributed by atoms with Crippen molar-refractivity contribution in [3.05, 3.63) is 47.7 Å². The molecular weight excluding hydrogens is 472 g/mol. The Hall–Kier alpha value is -2.11. The molecule has 5 aliphatic rings. The topological polar surface area (TPSA) is 55.8 Å². The third-order valence-electron chi connectivity index (χ3n) is 11.7. The Labute approximate surface area is 227 Å². The van der Waals surface area contributed by atoms with Crippen molar-refractivity contribution >= 4 is 16.6 Å². The molecule has 0 amide bonds. The minimum atomic E-state index is -0.371. The van der Waals surface area contributed by atoms with Crippen molar-refractivity contribution in [3.63, 3.8) is 0 Å². The summed E-state index contributed by atoms with van der Waals surface area (Å²) in [5.41, 5.74) is 5.82. The molecule has 1 aromatic heterocycles. The van der Waals surface area contributed by atoms with Crippen LogP contribution in [0.2, 0.25) is 0 Å². The molecule has 4 fully saturated rings. The van der Waals surface area contributed by atoms with Crippen LogP contribution in [0.5, 0.6) is 0 Å². The predicted molar refractivity (Wildman–Crippen MR) is 151 cm³/mol. The summed E-state index contributed by atoms with van der Waals surface area (Å²) in [5.74, 6) is 2.58. The van der Waals surface area contributed by atoms with E-state index in [1.54, 1.807) is 5.57 Å². The highest BCUT2D eigenvalue weighted by molar-refractivity contribution is 5.96. The van der Waals surface area contributed by atoms with Gasteiger partial charge in [0, 0.05) is 23.5 Å². The first kappa shape index (κ1) is 24.9. The smallest absolute Gasteiger partial charge is 0.169 e. The van der Waals surface area contributed by atoms with Crippen molar-refractivity contribution < 1.29 is 14.3 Å². The van der Waals surface area contributed by atoms with E-state index in [0.717, 1.165) is 49.5 Å². The summed E-state index contributed by atoms with van der Waals surface area (Å²) in [4.78, 5) is 9.32. The van der Waals surface area contributed by atoms with Crippen molar-refractivity contribution in [3.8, 4) is 0 Å². The summed E-state index contributed by atoms with van der Waals surface area (Å²) in [6.45, 7) is 9.48. The van der Waals surface area contributed by atoms with Gasteiger partial charge in [-0.2, -0.15) is 0 Å². The molecule has 4 unspecified atom stereocenters. The van der Waals surface area contributed by atoms with Crippen LogP contribution in [0.4, 0.5) is 0 Å². The molecule has 1 N–H and O–H groups in total. The Kier molecular flexibility index (Phi) is 6.05. The molecule has 1 saturated heterocycles. The van der Waals surface area contributed by atoms with Gasteiger partial charge in [-0.3, -0.25) is 0 Å². The lowest BCUT2D eigenvalue weighted by Crippen LogP contribution is -2.53. The molecule has 5 nitrogen and oxygen atoms in total. The third-order valence-corrected chi connectivity index (χ3v) is 11.7. The van der Waals surface area contributed by atoms with E-state index < -0.39 is 0 Å². The van der Waals surface area contributed by atoms with E-state index in [1.165, 1.54) is 61.5 Å². The molecule has 7 rings (SSSR count). The number of H-pyrrole nitrogens is 1. The lowest BCUT2D eigenvalue weighted by molar-refractivity contribution is -0.214. The summed E-state index contributed by atoms with van der Waals surface area (Å²) in [5, 5.41) is 5.86. The van der Waals surface area contributed by atoms with E-state index >= 15 is 0 Å². The highest BCUT2D eigenvalue weighted by Crippen LogP contribution is 2.68. The molecule has 6 atom stereocenters. The molecule has 1 aliphatic heterocycles. The molecule has 0 radical (unpaired) electrons. The third kappa shape index (κ3) is 3.91. The molecule has 4 aliphatic carbocycles. The monoisotopic (exact) mass is 516 g/mol. The number of hydrogen-bond acceptors (Lipinski definition) is 4. The second kappa shape index (κ2) is 9.23. The van der Waals surface area contributed by atoms with Crippen LogP contribution in [0, 0.1) is 34.5 Å². The number of fused-ring (bicyclic) bond motifs is 6. The summed E-state index contributed by atoms with van der Waals surface area (Å²) in [6, 6.07) is 10.6. The van der Waals surface area contributed by atoms with Gasteiger partial charge in [0.25, 0.3) is 0 Å². The van der Waals surface area contributed by atoms with Gasteiger partial charge < -0.3 is 19.3 Å². The molecule has 3 saturated carbocycles. The summed E-state index contributed by atoms with van der Waals surface area (Å²) < 4.78 is 12.4. The second-order valence-electron chi connectivity index (χ2n) is 13.4. The van der Waals surface area contributed by atoms with E-state index in [0.29, 0.717) is 23.4 Å². The number of aromatic amines is 1. The van der Waals surface area contributed by atoms with Crippen LogP contribution in [0.25, 0.3) is 10.9 Å². The Bertz CT molecular complexity index is 1220. The highest BCUT2D eigenvalue weighted by Gasteiger charge is 2.63. The lowest BCUT2D eigenvalue weighted by atomic mass is 9.46. The number of rotatable bonds is 5. The van der Waals surface area contributed by atoms with Crippen molar-refractivity contribution in [1.82, 2.24) is 4.98 Å². The van der Waals surface area contributed by atoms with Crippen LogP contribution < -0.4 is 0 Å². The largest absolute Gasteiger partial charge is 0.395 e.